The van der Waals surface area contributed by atoms with Crippen molar-refractivity contribution in [2.45, 2.75) is 6.54 Å². The predicted octanol–water partition coefficient (Wildman–Crippen LogP) is 5.13. The summed E-state index contributed by atoms with van der Waals surface area (Å²) in [5.74, 6) is -0.976. The minimum atomic E-state index is -0.556. The lowest BCUT2D eigenvalue weighted by Crippen LogP contribution is -2.28. The van der Waals surface area contributed by atoms with E-state index < -0.39 is 11.9 Å². The van der Waals surface area contributed by atoms with Gasteiger partial charge in [0.05, 0.1) is 5.56 Å². The summed E-state index contributed by atoms with van der Waals surface area (Å²) in [5, 5.41) is 3.65. The van der Waals surface area contributed by atoms with Gasteiger partial charge in [-0.2, -0.15) is 0 Å². The molecule has 3 aromatic rings. The largest absolute Gasteiger partial charge is 0.452 e. The topological polar surface area (TPSA) is 55.4 Å². The zero-order valence-corrected chi connectivity index (χ0v) is 16.3. The number of amides is 1. The molecule has 6 heteroatoms. The van der Waals surface area contributed by atoms with Gasteiger partial charge in [-0.3, -0.25) is 4.79 Å². The lowest BCUT2D eigenvalue weighted by Gasteiger charge is -2.11. The zero-order chi connectivity index (χ0) is 19.9. The molecule has 0 saturated carbocycles. The van der Waals surface area contributed by atoms with Crippen LogP contribution in [0, 0.1) is 0 Å². The molecule has 0 radical (unpaired) electrons. The van der Waals surface area contributed by atoms with Gasteiger partial charge in [0.2, 0.25) is 0 Å². The molecule has 142 valence electrons. The van der Waals surface area contributed by atoms with Crippen LogP contribution in [0.4, 0.5) is 0 Å². The van der Waals surface area contributed by atoms with Crippen molar-refractivity contribution in [3.63, 3.8) is 0 Å². The lowest BCUT2D eigenvalue weighted by molar-refractivity contribution is -0.124. The van der Waals surface area contributed by atoms with E-state index in [1.165, 1.54) is 0 Å². The van der Waals surface area contributed by atoms with E-state index in [4.69, 9.17) is 27.9 Å². The molecule has 0 unspecified atom stereocenters. The van der Waals surface area contributed by atoms with Crippen LogP contribution in [0.15, 0.2) is 72.8 Å². The van der Waals surface area contributed by atoms with Crippen molar-refractivity contribution in [1.29, 1.82) is 0 Å². The highest BCUT2D eigenvalue weighted by Crippen LogP contribution is 2.24. The Kier molecular flexibility index (Phi) is 6.69. The zero-order valence-electron chi connectivity index (χ0n) is 14.8. The first-order chi connectivity index (χ1) is 13.5. The third kappa shape index (κ3) is 5.12. The van der Waals surface area contributed by atoms with E-state index in [-0.39, 0.29) is 13.2 Å². The first-order valence-corrected chi connectivity index (χ1v) is 9.32. The van der Waals surface area contributed by atoms with Gasteiger partial charge in [-0.15, -0.1) is 0 Å². The fourth-order valence-corrected chi connectivity index (χ4v) is 3.12. The fourth-order valence-electron chi connectivity index (χ4n) is 2.65. The Bertz CT molecular complexity index is 990. The maximum atomic E-state index is 12.5. The van der Waals surface area contributed by atoms with Crippen molar-refractivity contribution < 1.29 is 14.3 Å². The van der Waals surface area contributed by atoms with Crippen LogP contribution in [0.1, 0.15) is 15.9 Å². The minimum Gasteiger partial charge on any atom is -0.452 e. The lowest BCUT2D eigenvalue weighted by atomic mass is 10.00. The molecular weight excluding hydrogens is 397 g/mol. The molecule has 0 bridgehead atoms. The molecule has 0 aliphatic heterocycles. The van der Waals surface area contributed by atoms with Gasteiger partial charge in [-0.05, 0) is 34.9 Å². The van der Waals surface area contributed by atoms with Gasteiger partial charge in [-0.25, -0.2) is 4.79 Å². The maximum absolute atomic E-state index is 12.5. The smallest absolute Gasteiger partial charge is 0.339 e. The van der Waals surface area contributed by atoms with E-state index >= 15 is 0 Å². The number of nitrogens with one attached hydrogen (secondary N) is 1. The van der Waals surface area contributed by atoms with Crippen molar-refractivity contribution in [1.82, 2.24) is 5.32 Å². The van der Waals surface area contributed by atoms with E-state index in [2.05, 4.69) is 5.32 Å². The van der Waals surface area contributed by atoms with Crippen LogP contribution >= 0.6 is 23.2 Å². The Balaban J connectivity index is 1.59. The standard InChI is InChI=1S/C22H17Cl2NO3/c23-17-11-10-16(20(24)12-17)13-25-21(26)14-28-22(27)19-9-5-4-8-18(19)15-6-2-1-3-7-15/h1-12H,13-14H2,(H,25,26). The van der Waals surface area contributed by atoms with Crippen molar-refractivity contribution in [2.24, 2.45) is 0 Å². The van der Waals surface area contributed by atoms with Crippen LogP contribution in [0.2, 0.25) is 10.0 Å². The van der Waals surface area contributed by atoms with Gasteiger partial charge in [-0.1, -0.05) is 77.8 Å². The van der Waals surface area contributed by atoms with E-state index in [9.17, 15) is 9.59 Å². The average molecular weight is 414 g/mol. The number of halogens is 2. The van der Waals surface area contributed by atoms with Crippen molar-refractivity contribution in [3.8, 4) is 11.1 Å². The average Bonchev–Trinajstić information content (AvgIpc) is 2.72. The molecule has 1 amide bonds. The van der Waals surface area contributed by atoms with Crippen LogP contribution < -0.4 is 5.32 Å². The number of esters is 1. The quantitative estimate of drug-likeness (QED) is 0.569. The summed E-state index contributed by atoms with van der Waals surface area (Å²) in [5.41, 5.74) is 2.78. The normalized spacial score (nSPS) is 10.4. The number of rotatable bonds is 6. The number of carbonyl (C=O) groups excluding carboxylic acids is 2. The molecular formula is C22H17Cl2NO3. The van der Waals surface area contributed by atoms with Crippen LogP contribution in [-0.4, -0.2) is 18.5 Å². The molecule has 0 heterocycles. The number of ether oxygens (including phenoxy) is 1. The van der Waals surface area contributed by atoms with Crippen LogP contribution in [0.25, 0.3) is 11.1 Å². The first-order valence-electron chi connectivity index (χ1n) is 8.57. The maximum Gasteiger partial charge on any atom is 0.339 e. The summed E-state index contributed by atoms with van der Waals surface area (Å²) in [6, 6.07) is 21.7. The fraction of sp³-hybridized carbons (Fsp3) is 0.0909. The molecule has 0 aliphatic rings. The van der Waals surface area contributed by atoms with Gasteiger partial charge in [0.15, 0.2) is 6.61 Å². The second-order valence-electron chi connectivity index (χ2n) is 6.00. The summed E-state index contributed by atoms with van der Waals surface area (Å²) in [7, 11) is 0. The molecule has 0 spiro atoms. The van der Waals surface area contributed by atoms with E-state index in [0.717, 1.165) is 16.7 Å². The van der Waals surface area contributed by atoms with E-state index in [0.29, 0.717) is 15.6 Å². The summed E-state index contributed by atoms with van der Waals surface area (Å²) in [4.78, 5) is 24.5. The Morgan fingerprint density at radius 1 is 0.893 bits per heavy atom. The summed E-state index contributed by atoms with van der Waals surface area (Å²) < 4.78 is 5.18. The predicted molar refractivity (Wildman–Crippen MR) is 110 cm³/mol. The number of hydrogen-bond acceptors (Lipinski definition) is 3. The monoisotopic (exact) mass is 413 g/mol. The second-order valence-corrected chi connectivity index (χ2v) is 6.84. The summed E-state index contributed by atoms with van der Waals surface area (Å²) in [6.45, 7) is -0.167. The van der Waals surface area contributed by atoms with Crippen molar-refractivity contribution in [3.05, 3.63) is 94.0 Å². The SMILES string of the molecule is O=C(COC(=O)c1ccccc1-c1ccccc1)NCc1ccc(Cl)cc1Cl. The van der Waals surface area contributed by atoms with Crippen molar-refractivity contribution >= 4 is 35.1 Å². The highest BCUT2D eigenvalue weighted by molar-refractivity contribution is 6.35. The first kappa shape index (κ1) is 19.9. The third-order valence-corrected chi connectivity index (χ3v) is 4.64. The number of hydrogen-bond donors (Lipinski definition) is 1. The minimum absolute atomic E-state index is 0.215. The van der Waals surface area contributed by atoms with E-state index in [1.54, 1.807) is 30.3 Å². The second kappa shape index (κ2) is 9.40. The van der Waals surface area contributed by atoms with Crippen LogP contribution in [0.3, 0.4) is 0 Å². The molecule has 0 aromatic heterocycles. The Morgan fingerprint density at radius 2 is 1.61 bits per heavy atom. The Labute approximate surface area is 173 Å². The summed E-state index contributed by atoms with van der Waals surface area (Å²) in [6.07, 6.45) is 0. The van der Waals surface area contributed by atoms with E-state index in [1.807, 2.05) is 42.5 Å². The van der Waals surface area contributed by atoms with Gasteiger partial charge < -0.3 is 10.1 Å². The molecule has 3 rings (SSSR count). The molecule has 0 saturated heterocycles. The molecule has 0 fully saturated rings. The Hall–Kier alpha value is -2.82. The molecule has 4 nitrogen and oxygen atoms in total. The third-order valence-electron chi connectivity index (χ3n) is 4.06. The number of carbonyl (C=O) groups is 2. The van der Waals surface area contributed by atoms with Crippen molar-refractivity contribution in [2.75, 3.05) is 6.61 Å². The highest BCUT2D eigenvalue weighted by Gasteiger charge is 2.15. The summed E-state index contributed by atoms with van der Waals surface area (Å²) >= 11 is 11.9. The molecule has 28 heavy (non-hydrogen) atoms. The molecule has 1 N–H and O–H groups in total. The number of benzene rings is 3. The molecule has 3 aromatic carbocycles. The molecule has 0 aliphatic carbocycles. The molecule has 0 atom stereocenters. The van der Waals surface area contributed by atoms with Crippen LogP contribution in [-0.2, 0) is 16.1 Å². The van der Waals surface area contributed by atoms with Gasteiger partial charge >= 0.3 is 5.97 Å². The van der Waals surface area contributed by atoms with Gasteiger partial charge in [0, 0.05) is 16.6 Å². The van der Waals surface area contributed by atoms with Gasteiger partial charge in [0.1, 0.15) is 0 Å². The van der Waals surface area contributed by atoms with Gasteiger partial charge in [0.25, 0.3) is 5.91 Å². The van der Waals surface area contributed by atoms with Crippen LogP contribution in [0.5, 0.6) is 0 Å². The highest BCUT2D eigenvalue weighted by atomic mass is 35.5. The Morgan fingerprint density at radius 3 is 2.36 bits per heavy atom.